The van der Waals surface area contributed by atoms with Gasteiger partial charge in [-0.1, -0.05) is 36.4 Å². The van der Waals surface area contributed by atoms with E-state index in [0.29, 0.717) is 5.65 Å². The molecule has 2 aromatic carbocycles. The molecule has 1 unspecified atom stereocenters. The summed E-state index contributed by atoms with van der Waals surface area (Å²) < 4.78 is 0. The van der Waals surface area contributed by atoms with E-state index >= 15 is 0 Å². The molecule has 0 amide bonds. The molecule has 1 atom stereocenters. The molecular formula is C23H20N4O. The maximum absolute atomic E-state index is 11.0. The summed E-state index contributed by atoms with van der Waals surface area (Å²) in [5.41, 5.74) is 4.29. The highest BCUT2D eigenvalue weighted by Crippen LogP contribution is 2.35. The van der Waals surface area contributed by atoms with Crippen molar-refractivity contribution in [2.24, 2.45) is 0 Å². The minimum atomic E-state index is -0.781. The standard InChI is InChI=1S/C23H20N4O/c1-23(2,14-24)18-11-16(19-8-9-25-22-20(19)13-26-27-22)10-17(12-18)21(28)15-6-4-3-5-7-15/h3-13,21,28H,1-2H3,(H,25,26,27). The summed E-state index contributed by atoms with van der Waals surface area (Å²) in [6.45, 7) is 3.76. The van der Waals surface area contributed by atoms with Crippen LogP contribution in [0.25, 0.3) is 22.2 Å². The zero-order chi connectivity index (χ0) is 19.7. The van der Waals surface area contributed by atoms with Crippen LogP contribution in [0.2, 0.25) is 0 Å². The molecule has 0 saturated carbocycles. The summed E-state index contributed by atoms with van der Waals surface area (Å²) >= 11 is 0. The molecule has 0 bridgehead atoms. The molecule has 0 aliphatic carbocycles. The maximum atomic E-state index is 11.0. The lowest BCUT2D eigenvalue weighted by atomic mass is 9.82. The first-order valence-electron chi connectivity index (χ1n) is 9.08. The van der Waals surface area contributed by atoms with Gasteiger partial charge in [0.15, 0.2) is 5.65 Å². The third-order valence-electron chi connectivity index (χ3n) is 5.05. The number of aromatic amines is 1. The van der Waals surface area contributed by atoms with Gasteiger partial charge in [0, 0.05) is 11.6 Å². The molecule has 0 aliphatic rings. The van der Waals surface area contributed by atoms with Gasteiger partial charge >= 0.3 is 0 Å². The average molecular weight is 368 g/mol. The Morgan fingerprint density at radius 3 is 2.61 bits per heavy atom. The Labute approximate surface area is 163 Å². The summed E-state index contributed by atoms with van der Waals surface area (Å²) in [5, 5.41) is 28.5. The van der Waals surface area contributed by atoms with Crippen LogP contribution in [-0.2, 0) is 5.41 Å². The molecule has 2 aromatic heterocycles. The summed E-state index contributed by atoms with van der Waals surface area (Å²) in [5.74, 6) is 0. The minimum absolute atomic E-state index is 0.691. The zero-order valence-electron chi connectivity index (χ0n) is 15.7. The third-order valence-corrected chi connectivity index (χ3v) is 5.05. The smallest absolute Gasteiger partial charge is 0.155 e. The predicted octanol–water partition coefficient (Wildman–Crippen LogP) is 4.51. The normalized spacial score (nSPS) is 12.6. The Kier molecular flexibility index (Phi) is 4.42. The molecule has 0 aliphatic heterocycles. The number of fused-ring (bicyclic) bond motifs is 1. The number of nitrogens with zero attached hydrogens (tertiary/aromatic N) is 3. The van der Waals surface area contributed by atoms with Crippen LogP contribution < -0.4 is 0 Å². The van der Waals surface area contributed by atoms with Gasteiger partial charge in [0.2, 0.25) is 0 Å². The first-order chi connectivity index (χ1) is 13.5. The number of hydrogen-bond donors (Lipinski definition) is 2. The van der Waals surface area contributed by atoms with Crippen LogP contribution in [-0.4, -0.2) is 20.3 Å². The molecule has 138 valence electrons. The monoisotopic (exact) mass is 368 g/mol. The lowest BCUT2D eigenvalue weighted by molar-refractivity contribution is 0.220. The molecule has 5 nitrogen and oxygen atoms in total. The van der Waals surface area contributed by atoms with Crippen molar-refractivity contribution < 1.29 is 5.11 Å². The summed E-state index contributed by atoms with van der Waals surface area (Å²) in [6, 6.07) is 19.7. The highest BCUT2D eigenvalue weighted by molar-refractivity contribution is 5.92. The lowest BCUT2D eigenvalue weighted by Crippen LogP contribution is -2.15. The van der Waals surface area contributed by atoms with E-state index in [1.165, 1.54) is 0 Å². The molecule has 28 heavy (non-hydrogen) atoms. The van der Waals surface area contributed by atoms with E-state index in [2.05, 4.69) is 21.3 Å². The van der Waals surface area contributed by atoms with Crippen molar-refractivity contribution in [3.05, 3.63) is 83.7 Å². The highest BCUT2D eigenvalue weighted by Gasteiger charge is 2.23. The average Bonchev–Trinajstić information content (AvgIpc) is 3.22. The van der Waals surface area contributed by atoms with Gasteiger partial charge in [-0.25, -0.2) is 4.98 Å². The van der Waals surface area contributed by atoms with Gasteiger partial charge in [-0.3, -0.25) is 5.10 Å². The number of pyridine rings is 1. The van der Waals surface area contributed by atoms with Crippen molar-refractivity contribution in [3.63, 3.8) is 0 Å². The topological polar surface area (TPSA) is 85.6 Å². The number of nitriles is 1. The quantitative estimate of drug-likeness (QED) is 0.555. The van der Waals surface area contributed by atoms with Gasteiger partial charge in [0.25, 0.3) is 0 Å². The van der Waals surface area contributed by atoms with Gasteiger partial charge in [-0.15, -0.1) is 0 Å². The summed E-state index contributed by atoms with van der Waals surface area (Å²) in [4.78, 5) is 4.30. The molecule has 4 aromatic rings. The Hall–Kier alpha value is -3.49. The second-order valence-electron chi connectivity index (χ2n) is 7.38. The van der Waals surface area contributed by atoms with Gasteiger partial charge in [-0.2, -0.15) is 10.4 Å². The fraction of sp³-hybridized carbons (Fsp3) is 0.174. The molecule has 0 spiro atoms. The van der Waals surface area contributed by atoms with Crippen molar-refractivity contribution in [3.8, 4) is 17.2 Å². The van der Waals surface area contributed by atoms with Gasteiger partial charge in [0.1, 0.15) is 6.10 Å². The molecule has 0 radical (unpaired) electrons. The van der Waals surface area contributed by atoms with Gasteiger partial charge in [-0.05, 0) is 59.9 Å². The molecule has 5 heteroatoms. The molecule has 2 N–H and O–H groups in total. The van der Waals surface area contributed by atoms with E-state index in [9.17, 15) is 10.4 Å². The number of aromatic nitrogens is 3. The van der Waals surface area contributed by atoms with Crippen LogP contribution >= 0.6 is 0 Å². The molecule has 4 rings (SSSR count). The Morgan fingerprint density at radius 1 is 1.07 bits per heavy atom. The Morgan fingerprint density at radius 2 is 1.86 bits per heavy atom. The van der Waals surface area contributed by atoms with Crippen molar-refractivity contribution in [1.29, 1.82) is 5.26 Å². The van der Waals surface area contributed by atoms with E-state index in [-0.39, 0.29) is 0 Å². The predicted molar refractivity (Wildman–Crippen MR) is 108 cm³/mol. The lowest BCUT2D eigenvalue weighted by Gasteiger charge is -2.21. The first-order valence-corrected chi connectivity index (χ1v) is 9.08. The van der Waals surface area contributed by atoms with Crippen molar-refractivity contribution in [2.75, 3.05) is 0 Å². The second-order valence-corrected chi connectivity index (χ2v) is 7.38. The first kappa shape index (κ1) is 17.9. The van der Waals surface area contributed by atoms with Crippen LogP contribution in [0.4, 0.5) is 0 Å². The van der Waals surface area contributed by atoms with Gasteiger partial charge < -0.3 is 5.11 Å². The van der Waals surface area contributed by atoms with Crippen LogP contribution in [0.15, 0.2) is 67.0 Å². The number of nitrogens with one attached hydrogen (secondary N) is 1. The summed E-state index contributed by atoms with van der Waals surface area (Å²) in [7, 11) is 0. The zero-order valence-corrected chi connectivity index (χ0v) is 15.7. The number of rotatable bonds is 4. The molecule has 0 fully saturated rings. The Bertz CT molecular complexity index is 1170. The molecule has 2 heterocycles. The molecule has 0 saturated heterocycles. The highest BCUT2D eigenvalue weighted by atomic mass is 16.3. The number of aliphatic hydroxyl groups excluding tert-OH is 1. The number of benzene rings is 2. The van der Waals surface area contributed by atoms with Crippen LogP contribution in [0, 0.1) is 11.3 Å². The van der Waals surface area contributed by atoms with Gasteiger partial charge in [0.05, 0.1) is 17.7 Å². The van der Waals surface area contributed by atoms with Crippen molar-refractivity contribution >= 4 is 11.0 Å². The van der Waals surface area contributed by atoms with Crippen molar-refractivity contribution in [1.82, 2.24) is 15.2 Å². The summed E-state index contributed by atoms with van der Waals surface area (Å²) in [6.07, 6.45) is 2.69. The maximum Gasteiger partial charge on any atom is 0.155 e. The number of aliphatic hydroxyl groups is 1. The minimum Gasteiger partial charge on any atom is -0.384 e. The van der Waals surface area contributed by atoms with E-state index in [1.807, 2.05) is 68.4 Å². The SMILES string of the molecule is CC(C)(C#N)c1cc(-c2ccnc3[nH]ncc23)cc(C(O)c2ccccc2)c1. The van der Waals surface area contributed by atoms with Crippen LogP contribution in [0.5, 0.6) is 0 Å². The fourth-order valence-corrected chi connectivity index (χ4v) is 3.32. The van der Waals surface area contributed by atoms with Crippen LogP contribution in [0.3, 0.4) is 0 Å². The largest absolute Gasteiger partial charge is 0.384 e. The molecular weight excluding hydrogens is 348 g/mol. The van der Waals surface area contributed by atoms with E-state index in [4.69, 9.17) is 0 Å². The van der Waals surface area contributed by atoms with Crippen LogP contribution in [0.1, 0.15) is 36.6 Å². The fourth-order valence-electron chi connectivity index (χ4n) is 3.32. The number of hydrogen-bond acceptors (Lipinski definition) is 4. The van der Waals surface area contributed by atoms with E-state index < -0.39 is 11.5 Å². The van der Waals surface area contributed by atoms with E-state index in [1.54, 1.807) is 12.4 Å². The van der Waals surface area contributed by atoms with Crippen molar-refractivity contribution in [2.45, 2.75) is 25.4 Å². The van der Waals surface area contributed by atoms with E-state index in [0.717, 1.165) is 33.2 Å². The Balaban J connectivity index is 1.93. The third kappa shape index (κ3) is 3.15. The number of H-pyrrole nitrogens is 1. The second kappa shape index (κ2) is 6.91.